The van der Waals surface area contributed by atoms with Crippen molar-refractivity contribution in [2.24, 2.45) is 0 Å². The highest BCUT2D eigenvalue weighted by Crippen LogP contribution is 2.23. The SMILES string of the molecule is O=C(CN1C(=O)c2ccccc2C1=O)N1CC(Oc2ccccn2)C1. The maximum Gasteiger partial charge on any atom is 0.262 e. The summed E-state index contributed by atoms with van der Waals surface area (Å²) in [6.07, 6.45) is 1.51. The second-order valence-electron chi connectivity index (χ2n) is 5.95. The summed E-state index contributed by atoms with van der Waals surface area (Å²) >= 11 is 0. The van der Waals surface area contributed by atoms with Crippen molar-refractivity contribution in [2.45, 2.75) is 6.10 Å². The average Bonchev–Trinajstić information content (AvgIpc) is 2.84. The summed E-state index contributed by atoms with van der Waals surface area (Å²) in [7, 11) is 0. The Hall–Kier alpha value is -3.22. The molecule has 0 aliphatic carbocycles. The van der Waals surface area contributed by atoms with Gasteiger partial charge in [-0.05, 0) is 18.2 Å². The second kappa shape index (κ2) is 6.01. The normalized spacial score (nSPS) is 16.6. The van der Waals surface area contributed by atoms with Crippen molar-refractivity contribution in [3.63, 3.8) is 0 Å². The van der Waals surface area contributed by atoms with Gasteiger partial charge in [-0.1, -0.05) is 18.2 Å². The maximum atomic E-state index is 12.3. The van der Waals surface area contributed by atoms with Crippen LogP contribution in [0.4, 0.5) is 0 Å². The van der Waals surface area contributed by atoms with Gasteiger partial charge in [0.25, 0.3) is 11.8 Å². The van der Waals surface area contributed by atoms with Gasteiger partial charge in [-0.25, -0.2) is 4.98 Å². The molecular weight excluding hydrogens is 322 g/mol. The first-order chi connectivity index (χ1) is 12.1. The molecule has 2 aliphatic heterocycles. The fourth-order valence-electron chi connectivity index (χ4n) is 2.92. The number of fused-ring (bicyclic) bond motifs is 1. The van der Waals surface area contributed by atoms with E-state index in [4.69, 9.17) is 4.74 Å². The monoisotopic (exact) mass is 337 g/mol. The average molecular weight is 337 g/mol. The molecule has 2 aliphatic rings. The van der Waals surface area contributed by atoms with E-state index in [1.54, 1.807) is 47.5 Å². The summed E-state index contributed by atoms with van der Waals surface area (Å²) in [5, 5.41) is 0. The summed E-state index contributed by atoms with van der Waals surface area (Å²) in [6, 6.07) is 12.0. The molecule has 3 heterocycles. The number of likely N-dealkylation sites (tertiary alicyclic amines) is 1. The fraction of sp³-hybridized carbons (Fsp3) is 0.222. The molecule has 7 nitrogen and oxygen atoms in total. The minimum Gasteiger partial charge on any atom is -0.471 e. The first-order valence-corrected chi connectivity index (χ1v) is 7.94. The van der Waals surface area contributed by atoms with Crippen LogP contribution in [-0.2, 0) is 4.79 Å². The number of nitrogens with zero attached hydrogens (tertiary/aromatic N) is 3. The molecule has 0 N–H and O–H groups in total. The van der Waals surface area contributed by atoms with Crippen molar-refractivity contribution in [3.8, 4) is 5.88 Å². The van der Waals surface area contributed by atoms with E-state index in [9.17, 15) is 14.4 Å². The van der Waals surface area contributed by atoms with Crippen LogP contribution in [0.15, 0.2) is 48.7 Å². The molecule has 7 heteroatoms. The second-order valence-corrected chi connectivity index (χ2v) is 5.95. The molecule has 0 unspecified atom stereocenters. The summed E-state index contributed by atoms with van der Waals surface area (Å²) < 4.78 is 5.64. The standard InChI is InChI=1S/C18H15N3O4/c22-16(20-9-12(10-20)25-15-7-3-4-8-19-15)11-21-17(23)13-5-1-2-6-14(13)18(21)24/h1-8,12H,9-11H2. The van der Waals surface area contributed by atoms with Gasteiger partial charge in [0.15, 0.2) is 0 Å². The number of rotatable bonds is 4. The number of hydrogen-bond acceptors (Lipinski definition) is 5. The van der Waals surface area contributed by atoms with Crippen LogP contribution in [-0.4, -0.2) is 58.2 Å². The van der Waals surface area contributed by atoms with Gasteiger partial charge in [0.1, 0.15) is 12.6 Å². The predicted octanol–water partition coefficient (Wildman–Crippen LogP) is 0.967. The number of benzene rings is 1. The van der Waals surface area contributed by atoms with Gasteiger partial charge in [-0.2, -0.15) is 0 Å². The smallest absolute Gasteiger partial charge is 0.262 e. The first-order valence-electron chi connectivity index (χ1n) is 7.94. The Labute approximate surface area is 143 Å². The molecule has 1 aromatic carbocycles. The number of pyridine rings is 1. The van der Waals surface area contributed by atoms with Crippen LogP contribution in [0.3, 0.4) is 0 Å². The molecule has 0 radical (unpaired) electrons. The van der Waals surface area contributed by atoms with Crippen LogP contribution in [0.1, 0.15) is 20.7 Å². The van der Waals surface area contributed by atoms with Crippen LogP contribution in [0.5, 0.6) is 5.88 Å². The molecule has 2 aromatic rings. The number of amides is 3. The lowest BCUT2D eigenvalue weighted by Crippen LogP contribution is -2.58. The lowest BCUT2D eigenvalue weighted by atomic mass is 10.1. The molecule has 126 valence electrons. The van der Waals surface area contributed by atoms with Gasteiger partial charge in [0, 0.05) is 12.3 Å². The number of carbonyl (C=O) groups excluding carboxylic acids is 3. The van der Waals surface area contributed by atoms with E-state index in [1.165, 1.54) is 0 Å². The highest BCUT2D eigenvalue weighted by molar-refractivity contribution is 6.22. The molecule has 0 atom stereocenters. The van der Waals surface area contributed by atoms with E-state index in [0.29, 0.717) is 30.1 Å². The minimum atomic E-state index is -0.421. The van der Waals surface area contributed by atoms with Crippen molar-refractivity contribution in [1.29, 1.82) is 0 Å². The number of carbonyl (C=O) groups is 3. The summed E-state index contributed by atoms with van der Waals surface area (Å²) in [5.41, 5.74) is 0.695. The lowest BCUT2D eigenvalue weighted by Gasteiger charge is -2.39. The number of imide groups is 1. The van der Waals surface area contributed by atoms with Crippen molar-refractivity contribution in [2.75, 3.05) is 19.6 Å². The summed E-state index contributed by atoms with van der Waals surface area (Å²) in [5.74, 6) is -0.596. The zero-order valence-electron chi connectivity index (χ0n) is 13.3. The largest absolute Gasteiger partial charge is 0.471 e. The highest BCUT2D eigenvalue weighted by Gasteiger charge is 2.39. The third-order valence-electron chi connectivity index (χ3n) is 4.30. The molecule has 0 saturated carbocycles. The van der Waals surface area contributed by atoms with Crippen molar-refractivity contribution < 1.29 is 19.1 Å². The Morgan fingerprint density at radius 3 is 2.28 bits per heavy atom. The number of ether oxygens (including phenoxy) is 1. The molecule has 1 aromatic heterocycles. The van der Waals surface area contributed by atoms with Crippen LogP contribution < -0.4 is 4.74 Å². The lowest BCUT2D eigenvalue weighted by molar-refractivity contribution is -0.140. The van der Waals surface area contributed by atoms with E-state index in [1.807, 2.05) is 6.07 Å². The summed E-state index contributed by atoms with van der Waals surface area (Å²) in [4.78, 5) is 43.5. The molecular formula is C18H15N3O4. The van der Waals surface area contributed by atoms with E-state index in [-0.39, 0.29) is 18.6 Å². The number of hydrogen-bond donors (Lipinski definition) is 0. The van der Waals surface area contributed by atoms with E-state index >= 15 is 0 Å². The van der Waals surface area contributed by atoms with Crippen LogP contribution in [0, 0.1) is 0 Å². The third kappa shape index (κ3) is 2.73. The Balaban J connectivity index is 1.34. The van der Waals surface area contributed by atoms with Crippen molar-refractivity contribution in [1.82, 2.24) is 14.8 Å². The van der Waals surface area contributed by atoms with Gasteiger partial charge >= 0.3 is 0 Å². The molecule has 1 saturated heterocycles. The molecule has 25 heavy (non-hydrogen) atoms. The van der Waals surface area contributed by atoms with Gasteiger partial charge < -0.3 is 9.64 Å². The topological polar surface area (TPSA) is 79.8 Å². The zero-order chi connectivity index (χ0) is 17.4. The Morgan fingerprint density at radius 1 is 1.04 bits per heavy atom. The Bertz CT molecular complexity index is 811. The quantitative estimate of drug-likeness (QED) is 0.777. The fourth-order valence-corrected chi connectivity index (χ4v) is 2.92. The van der Waals surface area contributed by atoms with Gasteiger partial charge in [-0.3, -0.25) is 19.3 Å². The molecule has 4 rings (SSSR count). The predicted molar refractivity (Wildman–Crippen MR) is 87.0 cm³/mol. The number of aromatic nitrogens is 1. The first kappa shape index (κ1) is 15.3. The van der Waals surface area contributed by atoms with Crippen LogP contribution in [0.2, 0.25) is 0 Å². The highest BCUT2D eigenvalue weighted by atomic mass is 16.5. The molecule has 3 amide bonds. The van der Waals surface area contributed by atoms with Gasteiger partial charge in [0.05, 0.1) is 24.2 Å². The third-order valence-corrected chi connectivity index (χ3v) is 4.30. The van der Waals surface area contributed by atoms with Crippen LogP contribution >= 0.6 is 0 Å². The van der Waals surface area contributed by atoms with Crippen LogP contribution in [0.25, 0.3) is 0 Å². The van der Waals surface area contributed by atoms with E-state index in [0.717, 1.165) is 4.90 Å². The Kier molecular flexibility index (Phi) is 3.68. The van der Waals surface area contributed by atoms with E-state index < -0.39 is 11.8 Å². The molecule has 1 fully saturated rings. The molecule has 0 bridgehead atoms. The molecule has 0 spiro atoms. The summed E-state index contributed by atoms with van der Waals surface area (Å²) in [6.45, 7) is 0.583. The van der Waals surface area contributed by atoms with Gasteiger partial charge in [0.2, 0.25) is 11.8 Å². The zero-order valence-corrected chi connectivity index (χ0v) is 13.3. The van der Waals surface area contributed by atoms with E-state index in [2.05, 4.69) is 4.98 Å². The maximum absolute atomic E-state index is 12.3. The minimum absolute atomic E-state index is 0.124. The van der Waals surface area contributed by atoms with Crippen molar-refractivity contribution in [3.05, 3.63) is 59.8 Å². The van der Waals surface area contributed by atoms with Gasteiger partial charge in [-0.15, -0.1) is 0 Å². The Morgan fingerprint density at radius 2 is 1.68 bits per heavy atom. The van der Waals surface area contributed by atoms with Crippen molar-refractivity contribution >= 4 is 17.7 Å².